The molecular weight excluding hydrogens is 354 g/mol. The van der Waals surface area contributed by atoms with Crippen molar-refractivity contribution in [2.45, 2.75) is 25.7 Å². The van der Waals surface area contributed by atoms with Crippen LogP contribution in [0.25, 0.3) is 5.52 Å². The summed E-state index contributed by atoms with van der Waals surface area (Å²) in [4.78, 5) is 18.5. The second-order valence-corrected chi connectivity index (χ2v) is 7.17. The number of aliphatic hydroxyl groups is 1. The lowest BCUT2D eigenvalue weighted by Crippen LogP contribution is -2.31. The standard InChI is InChI=1S/C21H25N5O2/c27-16-8-9-17(19(28)15-16)23-20-18-7-2-5-14-26(18)24-21(20)22-10-6-13-25-11-3-1-4-12-25/h2,5,7-9,14-15,28H,1,3-4,6,10-13H2,(H,22,24)/b23-17+. The van der Waals surface area contributed by atoms with Crippen LogP contribution in [-0.2, 0) is 4.79 Å². The van der Waals surface area contributed by atoms with Crippen molar-refractivity contribution in [2.75, 3.05) is 31.5 Å². The quantitative estimate of drug-likeness (QED) is 0.595. The van der Waals surface area contributed by atoms with Crippen LogP contribution in [0.5, 0.6) is 0 Å². The number of carbonyl (C=O) groups is 1. The lowest BCUT2D eigenvalue weighted by atomic mass is 10.1. The predicted molar refractivity (Wildman–Crippen MR) is 111 cm³/mol. The van der Waals surface area contributed by atoms with E-state index in [2.05, 4.69) is 20.3 Å². The van der Waals surface area contributed by atoms with E-state index in [0.29, 0.717) is 17.2 Å². The third-order valence-electron chi connectivity index (χ3n) is 5.09. The monoisotopic (exact) mass is 379 g/mol. The smallest absolute Gasteiger partial charge is 0.182 e. The molecule has 28 heavy (non-hydrogen) atoms. The molecule has 3 heterocycles. The lowest BCUT2D eigenvalue weighted by Gasteiger charge is -2.26. The highest BCUT2D eigenvalue weighted by Gasteiger charge is 2.16. The number of piperidine rings is 1. The van der Waals surface area contributed by atoms with E-state index in [1.165, 1.54) is 50.6 Å². The van der Waals surface area contributed by atoms with Gasteiger partial charge in [0.05, 0.1) is 5.52 Å². The third-order valence-corrected chi connectivity index (χ3v) is 5.09. The molecule has 7 heteroatoms. The molecule has 0 bridgehead atoms. The minimum Gasteiger partial charge on any atom is -0.506 e. The number of aromatic nitrogens is 2. The molecule has 1 fully saturated rings. The maximum Gasteiger partial charge on any atom is 0.182 e. The van der Waals surface area contributed by atoms with Crippen molar-refractivity contribution in [3.8, 4) is 0 Å². The summed E-state index contributed by atoms with van der Waals surface area (Å²) in [6.07, 6.45) is 11.0. The summed E-state index contributed by atoms with van der Waals surface area (Å²) in [5.74, 6) is 0.307. The molecule has 0 unspecified atom stereocenters. The summed E-state index contributed by atoms with van der Waals surface area (Å²) in [6, 6.07) is 5.77. The number of hydrogen-bond acceptors (Lipinski definition) is 6. The van der Waals surface area contributed by atoms with Crippen molar-refractivity contribution in [2.24, 2.45) is 4.99 Å². The molecule has 2 aliphatic rings. The number of pyridine rings is 1. The van der Waals surface area contributed by atoms with Crippen LogP contribution < -0.4 is 5.32 Å². The summed E-state index contributed by atoms with van der Waals surface area (Å²) < 4.78 is 1.77. The van der Waals surface area contributed by atoms with Gasteiger partial charge in [0, 0.05) is 18.8 Å². The first kappa shape index (κ1) is 18.4. The summed E-state index contributed by atoms with van der Waals surface area (Å²) >= 11 is 0. The topological polar surface area (TPSA) is 82.2 Å². The number of ketones is 1. The fourth-order valence-electron chi connectivity index (χ4n) is 3.63. The van der Waals surface area contributed by atoms with Gasteiger partial charge in [-0.2, -0.15) is 0 Å². The van der Waals surface area contributed by atoms with Crippen molar-refractivity contribution in [1.82, 2.24) is 14.5 Å². The molecular formula is C21H25N5O2. The third kappa shape index (κ3) is 4.14. The van der Waals surface area contributed by atoms with Crippen LogP contribution in [-0.4, -0.2) is 57.3 Å². The fourth-order valence-corrected chi connectivity index (χ4v) is 3.63. The molecule has 2 aromatic rings. The molecule has 0 amide bonds. The second-order valence-electron chi connectivity index (χ2n) is 7.17. The highest BCUT2D eigenvalue weighted by atomic mass is 16.3. The van der Waals surface area contributed by atoms with E-state index in [1.807, 2.05) is 24.4 Å². The number of anilines is 1. The molecule has 0 spiro atoms. The predicted octanol–water partition coefficient (Wildman–Crippen LogP) is 3.28. The van der Waals surface area contributed by atoms with Crippen LogP contribution in [0.15, 0.2) is 53.4 Å². The van der Waals surface area contributed by atoms with E-state index < -0.39 is 0 Å². The molecule has 0 aromatic carbocycles. The first-order chi connectivity index (χ1) is 13.7. The van der Waals surface area contributed by atoms with Crippen LogP contribution in [0.2, 0.25) is 0 Å². The number of carbonyl (C=O) groups excluding carboxylic acids is 1. The van der Waals surface area contributed by atoms with Gasteiger partial charge in [0.1, 0.15) is 17.2 Å². The van der Waals surface area contributed by atoms with Crippen LogP contribution in [0.1, 0.15) is 25.7 Å². The van der Waals surface area contributed by atoms with Gasteiger partial charge in [-0.3, -0.25) is 4.79 Å². The van der Waals surface area contributed by atoms with Crippen molar-refractivity contribution >= 4 is 28.5 Å². The van der Waals surface area contributed by atoms with Crippen molar-refractivity contribution in [1.29, 1.82) is 0 Å². The number of nitrogens with one attached hydrogen (secondary N) is 1. The van der Waals surface area contributed by atoms with E-state index in [9.17, 15) is 9.90 Å². The lowest BCUT2D eigenvalue weighted by molar-refractivity contribution is -0.110. The molecule has 146 valence electrons. The Morgan fingerprint density at radius 2 is 2.04 bits per heavy atom. The van der Waals surface area contributed by atoms with Gasteiger partial charge in [-0.05, 0) is 63.2 Å². The molecule has 0 saturated carbocycles. The van der Waals surface area contributed by atoms with Gasteiger partial charge >= 0.3 is 0 Å². The average molecular weight is 379 g/mol. The maximum absolute atomic E-state index is 11.4. The van der Waals surface area contributed by atoms with Crippen LogP contribution in [0.4, 0.5) is 11.5 Å². The zero-order valence-corrected chi connectivity index (χ0v) is 15.8. The highest BCUT2D eigenvalue weighted by Crippen LogP contribution is 2.30. The normalized spacial score (nSPS) is 19.4. The Labute approximate surface area is 164 Å². The van der Waals surface area contributed by atoms with Gasteiger partial charge in [0.2, 0.25) is 0 Å². The van der Waals surface area contributed by atoms with Gasteiger partial charge < -0.3 is 15.3 Å². The fraction of sp³-hybridized carbons (Fsp3) is 0.381. The van der Waals surface area contributed by atoms with E-state index in [1.54, 1.807) is 4.52 Å². The summed E-state index contributed by atoms with van der Waals surface area (Å²) in [5, 5.41) is 18.1. The first-order valence-electron chi connectivity index (χ1n) is 9.86. The number of rotatable bonds is 6. The zero-order valence-electron chi connectivity index (χ0n) is 15.8. The van der Waals surface area contributed by atoms with E-state index in [4.69, 9.17) is 0 Å². The minimum atomic E-state index is -0.243. The Hall–Kier alpha value is -2.93. The Kier molecular flexibility index (Phi) is 5.53. The maximum atomic E-state index is 11.4. The van der Waals surface area contributed by atoms with Gasteiger partial charge in [0.25, 0.3) is 0 Å². The highest BCUT2D eigenvalue weighted by molar-refractivity contribution is 6.19. The number of likely N-dealkylation sites (tertiary alicyclic amines) is 1. The van der Waals surface area contributed by atoms with Crippen molar-refractivity contribution in [3.63, 3.8) is 0 Å². The number of hydrogen-bond donors (Lipinski definition) is 2. The Morgan fingerprint density at radius 1 is 1.18 bits per heavy atom. The number of allylic oxidation sites excluding steroid dienone is 3. The van der Waals surface area contributed by atoms with Gasteiger partial charge in [-0.25, -0.2) is 9.51 Å². The minimum absolute atomic E-state index is 0.126. The molecule has 1 aliphatic heterocycles. The zero-order chi connectivity index (χ0) is 19.3. The molecule has 2 aromatic heterocycles. The van der Waals surface area contributed by atoms with Crippen LogP contribution in [0, 0.1) is 0 Å². The molecule has 0 atom stereocenters. The number of fused-ring (bicyclic) bond motifs is 1. The average Bonchev–Trinajstić information content (AvgIpc) is 3.06. The van der Waals surface area contributed by atoms with Gasteiger partial charge in [-0.1, -0.05) is 12.5 Å². The van der Waals surface area contributed by atoms with Gasteiger partial charge in [-0.15, -0.1) is 5.10 Å². The molecule has 2 N–H and O–H groups in total. The van der Waals surface area contributed by atoms with Crippen LogP contribution in [0.3, 0.4) is 0 Å². The molecule has 0 radical (unpaired) electrons. The van der Waals surface area contributed by atoms with Crippen molar-refractivity contribution in [3.05, 3.63) is 48.4 Å². The van der Waals surface area contributed by atoms with Crippen LogP contribution >= 0.6 is 0 Å². The summed E-state index contributed by atoms with van der Waals surface area (Å²) in [6.45, 7) is 4.28. The first-order valence-corrected chi connectivity index (χ1v) is 9.86. The largest absolute Gasteiger partial charge is 0.506 e. The Balaban J connectivity index is 1.51. The Bertz CT molecular complexity index is 951. The van der Waals surface area contributed by atoms with E-state index in [0.717, 1.165) is 25.0 Å². The molecule has 1 saturated heterocycles. The summed E-state index contributed by atoms with van der Waals surface area (Å²) in [7, 11) is 0. The molecule has 4 rings (SSSR count). The number of aliphatic hydroxyl groups excluding tert-OH is 1. The number of nitrogens with zero attached hydrogens (tertiary/aromatic N) is 4. The van der Waals surface area contributed by atoms with E-state index in [-0.39, 0.29) is 11.5 Å². The van der Waals surface area contributed by atoms with Crippen molar-refractivity contribution < 1.29 is 9.90 Å². The second kappa shape index (κ2) is 8.39. The van der Waals surface area contributed by atoms with Gasteiger partial charge in [0.15, 0.2) is 11.6 Å². The Morgan fingerprint density at radius 3 is 2.86 bits per heavy atom. The van der Waals surface area contributed by atoms with E-state index >= 15 is 0 Å². The molecule has 1 aliphatic carbocycles. The summed E-state index contributed by atoms with van der Waals surface area (Å²) in [5.41, 5.74) is 1.86. The number of aliphatic imine (C=N–C) groups is 1. The SMILES string of the molecule is O=C1C=C/C(=N\c2c(NCCCN3CCCCC3)nn3ccccc23)C(O)=C1. The molecule has 7 nitrogen and oxygen atoms in total.